The summed E-state index contributed by atoms with van der Waals surface area (Å²) < 4.78 is 14.7. The highest BCUT2D eigenvalue weighted by Gasteiger charge is 2.17. The third-order valence-corrected chi connectivity index (χ3v) is 6.14. The van der Waals surface area contributed by atoms with Crippen LogP contribution in [-0.2, 0) is 17.8 Å². The van der Waals surface area contributed by atoms with Gasteiger partial charge in [0.1, 0.15) is 10.8 Å². The molecule has 0 aliphatic rings. The minimum absolute atomic E-state index is 0.0510. The Morgan fingerprint density at radius 3 is 2.88 bits per heavy atom. The Bertz CT molecular complexity index is 864. The third-order valence-electron chi connectivity index (χ3n) is 3.72. The highest BCUT2D eigenvalue weighted by Crippen LogP contribution is 2.28. The third kappa shape index (κ3) is 4.54. The van der Waals surface area contributed by atoms with E-state index >= 15 is 0 Å². The lowest BCUT2D eigenvalue weighted by atomic mass is 10.2. The molecule has 3 nitrogen and oxygen atoms in total. The first-order chi connectivity index (χ1) is 12.1. The van der Waals surface area contributed by atoms with Crippen molar-refractivity contribution in [2.24, 2.45) is 0 Å². The number of aromatic nitrogens is 1. The number of halogens is 2. The van der Waals surface area contributed by atoms with Crippen molar-refractivity contribution >= 4 is 44.5 Å². The van der Waals surface area contributed by atoms with Gasteiger partial charge in [0.25, 0.3) is 0 Å². The Labute approximate surface area is 162 Å². The number of thiazole rings is 1. The molecule has 3 aromatic rings. The Hall–Kier alpha value is -1.57. The summed E-state index contributed by atoms with van der Waals surface area (Å²) >= 11 is 6.51. The summed E-state index contributed by atoms with van der Waals surface area (Å²) in [5, 5.41) is 4.85. The van der Waals surface area contributed by atoms with E-state index in [1.807, 2.05) is 29.8 Å². The van der Waals surface area contributed by atoms with Crippen molar-refractivity contribution in [3.8, 4) is 9.88 Å². The van der Waals surface area contributed by atoms with Crippen molar-refractivity contribution in [1.82, 2.24) is 9.88 Å². The van der Waals surface area contributed by atoms with E-state index in [-0.39, 0.29) is 24.7 Å². The number of likely N-dealkylation sites (N-methyl/N-ethyl adjacent to an activating group) is 1. The molecule has 25 heavy (non-hydrogen) atoms. The van der Waals surface area contributed by atoms with Crippen LogP contribution < -0.4 is 0 Å². The molecule has 1 aromatic carbocycles. The average molecular weight is 439 g/mol. The number of rotatable bonds is 6. The predicted molar refractivity (Wildman–Crippen MR) is 104 cm³/mol. The summed E-state index contributed by atoms with van der Waals surface area (Å²) in [5.41, 5.74) is 1.26. The van der Waals surface area contributed by atoms with Gasteiger partial charge in [-0.3, -0.25) is 4.79 Å². The second-order valence-corrected chi connectivity index (χ2v) is 8.16. The van der Waals surface area contributed by atoms with Gasteiger partial charge in [-0.2, -0.15) is 0 Å². The molecule has 1 amide bonds. The van der Waals surface area contributed by atoms with E-state index in [0.29, 0.717) is 12.1 Å². The number of carbonyl (C=O) groups excluding carboxylic acids is 1. The zero-order valence-corrected chi connectivity index (χ0v) is 16.8. The van der Waals surface area contributed by atoms with Gasteiger partial charge >= 0.3 is 0 Å². The van der Waals surface area contributed by atoms with Crippen LogP contribution in [0, 0.1) is 5.82 Å². The summed E-state index contributed by atoms with van der Waals surface area (Å²) in [5.74, 6) is -0.354. The molecule has 3 rings (SSSR count). The van der Waals surface area contributed by atoms with E-state index < -0.39 is 0 Å². The van der Waals surface area contributed by atoms with Crippen molar-refractivity contribution in [3.63, 3.8) is 0 Å². The maximum absolute atomic E-state index is 13.9. The fraction of sp³-hybridized carbons (Fsp3) is 0.222. The highest BCUT2D eigenvalue weighted by molar-refractivity contribution is 9.10. The second-order valence-electron chi connectivity index (χ2n) is 5.44. The largest absolute Gasteiger partial charge is 0.338 e. The lowest BCUT2D eigenvalue weighted by Gasteiger charge is -2.21. The fourth-order valence-electron chi connectivity index (χ4n) is 2.41. The van der Waals surface area contributed by atoms with Crippen LogP contribution in [0.5, 0.6) is 0 Å². The topological polar surface area (TPSA) is 33.2 Å². The van der Waals surface area contributed by atoms with Gasteiger partial charge in [-0.25, -0.2) is 9.37 Å². The van der Waals surface area contributed by atoms with Gasteiger partial charge in [-0.15, -0.1) is 22.7 Å². The normalized spacial score (nSPS) is 10.8. The molecule has 0 fully saturated rings. The minimum Gasteiger partial charge on any atom is -0.338 e. The number of hydrogen-bond acceptors (Lipinski definition) is 4. The SMILES string of the molecule is CCN(Cc1cc(Br)ccc1F)C(=O)Cc1csc(-c2cccs2)n1. The van der Waals surface area contributed by atoms with Gasteiger partial charge in [-0.1, -0.05) is 22.0 Å². The Kier molecular flexibility index (Phi) is 5.98. The molecule has 0 spiro atoms. The average Bonchev–Trinajstić information content (AvgIpc) is 3.26. The quantitative estimate of drug-likeness (QED) is 0.518. The molecule has 0 atom stereocenters. The van der Waals surface area contributed by atoms with Gasteiger partial charge < -0.3 is 4.90 Å². The van der Waals surface area contributed by atoms with E-state index in [0.717, 1.165) is 20.1 Å². The maximum atomic E-state index is 13.9. The molecule has 0 aliphatic heterocycles. The first-order valence-corrected chi connectivity index (χ1v) is 10.3. The van der Waals surface area contributed by atoms with Crippen LogP contribution in [0.2, 0.25) is 0 Å². The Morgan fingerprint density at radius 2 is 2.16 bits per heavy atom. The summed E-state index contributed by atoms with van der Waals surface area (Å²) in [6.07, 6.45) is 0.228. The van der Waals surface area contributed by atoms with Gasteiger partial charge in [0, 0.05) is 28.5 Å². The lowest BCUT2D eigenvalue weighted by Crippen LogP contribution is -2.32. The van der Waals surface area contributed by atoms with E-state index in [4.69, 9.17) is 0 Å². The van der Waals surface area contributed by atoms with Gasteiger partial charge in [0.15, 0.2) is 0 Å². The molecule has 0 aliphatic carbocycles. The van der Waals surface area contributed by atoms with Gasteiger partial charge in [0.2, 0.25) is 5.91 Å². The van der Waals surface area contributed by atoms with Crippen molar-refractivity contribution in [1.29, 1.82) is 0 Å². The zero-order chi connectivity index (χ0) is 17.8. The Balaban J connectivity index is 1.69. The lowest BCUT2D eigenvalue weighted by molar-refractivity contribution is -0.130. The molecule has 2 heterocycles. The number of benzene rings is 1. The molecule has 0 radical (unpaired) electrons. The molecule has 2 aromatic heterocycles. The van der Waals surface area contributed by atoms with Crippen LogP contribution in [0.25, 0.3) is 9.88 Å². The number of amides is 1. The fourth-order valence-corrected chi connectivity index (χ4v) is 4.46. The van der Waals surface area contributed by atoms with Gasteiger partial charge in [0.05, 0.1) is 17.0 Å². The summed E-state index contributed by atoms with van der Waals surface area (Å²) in [6, 6.07) is 8.77. The van der Waals surface area contributed by atoms with Crippen LogP contribution in [0.15, 0.2) is 45.6 Å². The number of nitrogens with zero attached hydrogens (tertiary/aromatic N) is 2. The molecule has 7 heteroatoms. The molecule has 0 saturated heterocycles. The standard InChI is InChI=1S/C18H16BrFN2OS2/c1-2-22(10-12-8-13(19)5-6-15(12)20)17(23)9-14-11-25-18(21-14)16-4-3-7-24-16/h3-8,11H,2,9-10H2,1H3. The zero-order valence-electron chi connectivity index (χ0n) is 13.5. The van der Waals surface area contributed by atoms with Crippen molar-refractivity contribution in [2.75, 3.05) is 6.54 Å². The van der Waals surface area contributed by atoms with Crippen molar-refractivity contribution in [3.05, 3.63) is 62.6 Å². The van der Waals surface area contributed by atoms with E-state index in [2.05, 4.69) is 20.9 Å². The maximum Gasteiger partial charge on any atom is 0.228 e. The second kappa shape index (κ2) is 8.21. The smallest absolute Gasteiger partial charge is 0.228 e. The number of carbonyl (C=O) groups is 1. The van der Waals surface area contributed by atoms with Crippen LogP contribution in [0.3, 0.4) is 0 Å². The molecule has 130 valence electrons. The molecule has 0 saturated carbocycles. The highest BCUT2D eigenvalue weighted by atomic mass is 79.9. The van der Waals surface area contributed by atoms with Crippen LogP contribution in [0.4, 0.5) is 4.39 Å². The molecule has 0 bridgehead atoms. The molecular weight excluding hydrogens is 423 g/mol. The number of thiophene rings is 1. The van der Waals surface area contributed by atoms with E-state index in [9.17, 15) is 9.18 Å². The van der Waals surface area contributed by atoms with Crippen LogP contribution >= 0.6 is 38.6 Å². The van der Waals surface area contributed by atoms with E-state index in [1.165, 1.54) is 17.4 Å². The first-order valence-electron chi connectivity index (χ1n) is 7.76. The first kappa shape index (κ1) is 18.2. The molecule has 0 N–H and O–H groups in total. The predicted octanol–water partition coefficient (Wildman–Crippen LogP) is 5.36. The summed E-state index contributed by atoms with van der Waals surface area (Å²) in [4.78, 5) is 19.9. The molecule has 0 unspecified atom stereocenters. The van der Waals surface area contributed by atoms with Crippen LogP contribution in [-0.4, -0.2) is 22.3 Å². The van der Waals surface area contributed by atoms with Gasteiger partial charge in [-0.05, 0) is 36.6 Å². The summed E-state index contributed by atoms with van der Waals surface area (Å²) in [6.45, 7) is 2.67. The monoisotopic (exact) mass is 438 g/mol. The molecular formula is C18H16BrFN2OS2. The van der Waals surface area contributed by atoms with E-state index in [1.54, 1.807) is 28.4 Å². The van der Waals surface area contributed by atoms with Crippen LogP contribution in [0.1, 0.15) is 18.2 Å². The Morgan fingerprint density at radius 1 is 1.32 bits per heavy atom. The minimum atomic E-state index is -0.303. The number of hydrogen-bond donors (Lipinski definition) is 0. The van der Waals surface area contributed by atoms with Crippen molar-refractivity contribution < 1.29 is 9.18 Å². The summed E-state index contributed by atoms with van der Waals surface area (Å²) in [7, 11) is 0. The van der Waals surface area contributed by atoms with Crippen molar-refractivity contribution in [2.45, 2.75) is 19.9 Å².